The molecule has 1 fully saturated rings. The Kier molecular flexibility index (Phi) is 4.46. The van der Waals surface area contributed by atoms with Crippen LogP contribution < -0.4 is 4.90 Å². The molecule has 100 valence electrons. The lowest BCUT2D eigenvalue weighted by atomic mass is 10.0. The Morgan fingerprint density at radius 1 is 1.44 bits per heavy atom. The lowest BCUT2D eigenvalue weighted by Crippen LogP contribution is -2.42. The summed E-state index contributed by atoms with van der Waals surface area (Å²) in [5, 5.41) is 0. The van der Waals surface area contributed by atoms with Crippen molar-refractivity contribution in [2.45, 2.75) is 31.7 Å². The smallest absolute Gasteiger partial charge is 0.0509 e. The summed E-state index contributed by atoms with van der Waals surface area (Å²) in [7, 11) is 4.37. The van der Waals surface area contributed by atoms with Crippen molar-refractivity contribution in [3.8, 4) is 0 Å². The van der Waals surface area contributed by atoms with Gasteiger partial charge in [0.1, 0.15) is 0 Å². The number of pyridine rings is 1. The van der Waals surface area contributed by atoms with Crippen molar-refractivity contribution >= 4 is 17.3 Å². The summed E-state index contributed by atoms with van der Waals surface area (Å²) in [6.07, 6.45) is 4.34. The molecule has 1 aliphatic rings. The van der Waals surface area contributed by atoms with E-state index in [1.165, 1.54) is 31.6 Å². The summed E-state index contributed by atoms with van der Waals surface area (Å²) in [6, 6.07) is 2.76. The third-order valence-corrected chi connectivity index (χ3v) is 4.15. The first-order valence-electron chi connectivity index (χ1n) is 6.54. The third kappa shape index (κ3) is 2.96. The van der Waals surface area contributed by atoms with Crippen LogP contribution in [0.3, 0.4) is 0 Å². The first-order chi connectivity index (χ1) is 8.61. The number of hydrogen-bond donors (Lipinski definition) is 0. The van der Waals surface area contributed by atoms with Gasteiger partial charge in [0.15, 0.2) is 0 Å². The topological polar surface area (TPSA) is 19.4 Å². The zero-order chi connectivity index (χ0) is 13.1. The standard InChI is InChI=1S/C14H22ClN3/c1-11-8-14(12(9-15)10-16-11)18(3)13-4-6-17(2)7-5-13/h8,10,13H,4-7,9H2,1-3H3. The molecular weight excluding hydrogens is 246 g/mol. The maximum atomic E-state index is 6.02. The lowest BCUT2D eigenvalue weighted by molar-refractivity contribution is 0.253. The van der Waals surface area contributed by atoms with E-state index in [-0.39, 0.29) is 0 Å². The molecule has 0 bridgehead atoms. The Hall–Kier alpha value is -0.800. The number of aromatic nitrogens is 1. The van der Waals surface area contributed by atoms with E-state index >= 15 is 0 Å². The second kappa shape index (κ2) is 5.89. The van der Waals surface area contributed by atoms with Crippen molar-refractivity contribution in [2.75, 3.05) is 32.1 Å². The highest BCUT2D eigenvalue weighted by atomic mass is 35.5. The number of halogens is 1. The molecule has 1 saturated heterocycles. The van der Waals surface area contributed by atoms with Crippen LogP contribution in [0.5, 0.6) is 0 Å². The zero-order valence-corrected chi connectivity index (χ0v) is 12.2. The van der Waals surface area contributed by atoms with Gasteiger partial charge in [-0.2, -0.15) is 0 Å². The molecular formula is C14H22ClN3. The van der Waals surface area contributed by atoms with Crippen LogP contribution in [0, 0.1) is 6.92 Å². The van der Waals surface area contributed by atoms with Gasteiger partial charge in [-0.05, 0) is 46.0 Å². The van der Waals surface area contributed by atoms with Crippen molar-refractivity contribution in [3.05, 3.63) is 23.5 Å². The van der Waals surface area contributed by atoms with Crippen LogP contribution in [0.1, 0.15) is 24.1 Å². The molecule has 1 aliphatic heterocycles. The van der Waals surface area contributed by atoms with E-state index in [0.29, 0.717) is 11.9 Å². The van der Waals surface area contributed by atoms with E-state index in [9.17, 15) is 0 Å². The average molecular weight is 268 g/mol. The molecule has 0 amide bonds. The average Bonchev–Trinajstić information content (AvgIpc) is 2.39. The van der Waals surface area contributed by atoms with Gasteiger partial charge in [-0.25, -0.2) is 0 Å². The van der Waals surface area contributed by atoms with Crippen LogP contribution in [0.25, 0.3) is 0 Å². The van der Waals surface area contributed by atoms with E-state index in [0.717, 1.165) is 11.3 Å². The third-order valence-electron chi connectivity index (χ3n) is 3.86. The Bertz CT molecular complexity index is 400. The zero-order valence-electron chi connectivity index (χ0n) is 11.5. The van der Waals surface area contributed by atoms with E-state index in [1.54, 1.807) is 0 Å². The van der Waals surface area contributed by atoms with E-state index < -0.39 is 0 Å². The maximum absolute atomic E-state index is 6.02. The number of aryl methyl sites for hydroxylation is 1. The van der Waals surface area contributed by atoms with Gasteiger partial charge >= 0.3 is 0 Å². The van der Waals surface area contributed by atoms with E-state index in [1.807, 2.05) is 13.1 Å². The highest BCUT2D eigenvalue weighted by Gasteiger charge is 2.22. The van der Waals surface area contributed by atoms with Gasteiger partial charge in [0, 0.05) is 36.2 Å². The largest absolute Gasteiger partial charge is 0.371 e. The van der Waals surface area contributed by atoms with Crippen LogP contribution >= 0.6 is 11.6 Å². The van der Waals surface area contributed by atoms with Crippen molar-refractivity contribution in [3.63, 3.8) is 0 Å². The van der Waals surface area contributed by atoms with Gasteiger partial charge in [-0.1, -0.05) is 0 Å². The maximum Gasteiger partial charge on any atom is 0.0509 e. The number of piperidine rings is 1. The van der Waals surface area contributed by atoms with E-state index in [4.69, 9.17) is 11.6 Å². The van der Waals surface area contributed by atoms with Crippen molar-refractivity contribution in [1.29, 1.82) is 0 Å². The fourth-order valence-electron chi connectivity index (χ4n) is 2.58. The summed E-state index contributed by atoms with van der Waals surface area (Å²) in [6.45, 7) is 4.38. The highest BCUT2D eigenvalue weighted by molar-refractivity contribution is 6.17. The van der Waals surface area contributed by atoms with Gasteiger partial charge in [-0.15, -0.1) is 11.6 Å². The fraction of sp³-hybridized carbons (Fsp3) is 0.643. The molecule has 1 aromatic heterocycles. The Morgan fingerprint density at radius 3 is 2.72 bits per heavy atom. The molecule has 2 rings (SSSR count). The van der Waals surface area contributed by atoms with Crippen LogP contribution in [-0.2, 0) is 5.88 Å². The fourth-order valence-corrected chi connectivity index (χ4v) is 2.79. The van der Waals surface area contributed by atoms with Gasteiger partial charge in [0.2, 0.25) is 0 Å². The van der Waals surface area contributed by atoms with Crippen LogP contribution in [0.15, 0.2) is 12.3 Å². The molecule has 1 aromatic rings. The normalized spacial score (nSPS) is 18.0. The number of alkyl halides is 1. The second-order valence-corrected chi connectivity index (χ2v) is 5.50. The van der Waals surface area contributed by atoms with Crippen molar-refractivity contribution in [2.24, 2.45) is 0 Å². The quantitative estimate of drug-likeness (QED) is 0.785. The van der Waals surface area contributed by atoms with Gasteiger partial charge in [0.05, 0.1) is 5.88 Å². The number of nitrogens with zero attached hydrogens (tertiary/aromatic N) is 3. The van der Waals surface area contributed by atoms with Crippen LogP contribution in [-0.4, -0.2) is 43.1 Å². The molecule has 2 heterocycles. The molecule has 18 heavy (non-hydrogen) atoms. The first kappa shape index (κ1) is 13.6. The summed E-state index contributed by atoms with van der Waals surface area (Å²) in [5.41, 5.74) is 3.43. The van der Waals surface area contributed by atoms with Gasteiger partial charge in [0.25, 0.3) is 0 Å². The molecule has 0 N–H and O–H groups in total. The summed E-state index contributed by atoms with van der Waals surface area (Å²) in [4.78, 5) is 9.11. The molecule has 0 spiro atoms. The molecule has 0 saturated carbocycles. The lowest BCUT2D eigenvalue weighted by Gasteiger charge is -2.37. The Morgan fingerprint density at radius 2 is 2.11 bits per heavy atom. The predicted octanol–water partition coefficient (Wildman–Crippen LogP) is 2.66. The van der Waals surface area contributed by atoms with Crippen LogP contribution in [0.4, 0.5) is 5.69 Å². The predicted molar refractivity (Wildman–Crippen MR) is 77.5 cm³/mol. The molecule has 0 aromatic carbocycles. The number of rotatable bonds is 3. The molecule has 3 nitrogen and oxygen atoms in total. The number of likely N-dealkylation sites (tertiary alicyclic amines) is 1. The van der Waals surface area contributed by atoms with Crippen LogP contribution in [0.2, 0.25) is 0 Å². The van der Waals surface area contributed by atoms with Crippen molar-refractivity contribution in [1.82, 2.24) is 9.88 Å². The minimum Gasteiger partial charge on any atom is -0.371 e. The monoisotopic (exact) mass is 267 g/mol. The highest BCUT2D eigenvalue weighted by Crippen LogP contribution is 2.26. The summed E-state index contributed by atoms with van der Waals surface area (Å²) in [5.74, 6) is 0.527. The van der Waals surface area contributed by atoms with E-state index in [2.05, 4.69) is 34.9 Å². The van der Waals surface area contributed by atoms with Gasteiger partial charge < -0.3 is 9.80 Å². The molecule has 0 radical (unpaired) electrons. The summed E-state index contributed by atoms with van der Waals surface area (Å²) < 4.78 is 0. The Labute approximate surface area is 115 Å². The minimum absolute atomic E-state index is 0.527. The minimum atomic E-state index is 0.527. The van der Waals surface area contributed by atoms with Crippen molar-refractivity contribution < 1.29 is 0 Å². The first-order valence-corrected chi connectivity index (χ1v) is 7.08. The SMILES string of the molecule is Cc1cc(N(C)C2CCN(C)CC2)c(CCl)cn1. The molecule has 4 heteroatoms. The Balaban J connectivity index is 2.17. The van der Waals surface area contributed by atoms with Gasteiger partial charge in [-0.3, -0.25) is 4.98 Å². The number of anilines is 1. The second-order valence-electron chi connectivity index (χ2n) is 5.23. The molecule has 0 aliphatic carbocycles. The number of hydrogen-bond acceptors (Lipinski definition) is 3. The molecule has 0 atom stereocenters. The summed E-state index contributed by atoms with van der Waals surface area (Å²) >= 11 is 6.02. The molecule has 0 unspecified atom stereocenters.